The Morgan fingerprint density at radius 3 is 2.76 bits per heavy atom. The van der Waals surface area contributed by atoms with Gasteiger partial charge in [0.15, 0.2) is 6.61 Å². The predicted octanol–water partition coefficient (Wildman–Crippen LogP) is 2.39. The van der Waals surface area contributed by atoms with Crippen molar-refractivity contribution in [2.45, 2.75) is 43.9 Å². The van der Waals surface area contributed by atoms with Crippen molar-refractivity contribution in [2.24, 2.45) is 5.92 Å². The van der Waals surface area contributed by atoms with E-state index in [-0.39, 0.29) is 36.6 Å². The largest absolute Gasteiger partial charge is 0.484 e. The van der Waals surface area contributed by atoms with Gasteiger partial charge in [0.2, 0.25) is 0 Å². The molecule has 1 heterocycles. The standard InChI is InChI=1S/C19H24FNO4/c20-14-3-5-15(6-4-14)24-12-18(22)21-9-10-23-17-8-7-16(21)19(17)25-11-13-1-2-13/h3-6,13,16-17,19H,1-2,7-12H2/t16-,17-,19-/m0/s1. The second-order valence-electron chi connectivity index (χ2n) is 7.12. The third-order valence-electron chi connectivity index (χ3n) is 5.27. The maximum absolute atomic E-state index is 12.9. The van der Waals surface area contributed by atoms with E-state index in [1.54, 1.807) is 0 Å². The van der Waals surface area contributed by atoms with Crippen molar-refractivity contribution in [3.63, 3.8) is 0 Å². The lowest BCUT2D eigenvalue weighted by atomic mass is 10.1. The number of carbonyl (C=O) groups excluding carboxylic acids is 1. The van der Waals surface area contributed by atoms with E-state index in [9.17, 15) is 9.18 Å². The summed E-state index contributed by atoms with van der Waals surface area (Å²) in [5, 5.41) is 0. The predicted molar refractivity (Wildman–Crippen MR) is 88.8 cm³/mol. The maximum atomic E-state index is 12.9. The normalized spacial score (nSPS) is 28.7. The van der Waals surface area contributed by atoms with Crippen LogP contribution < -0.4 is 4.74 Å². The number of fused-ring (bicyclic) bond motifs is 2. The van der Waals surface area contributed by atoms with Crippen LogP contribution in [0.1, 0.15) is 25.7 Å². The lowest BCUT2D eigenvalue weighted by Crippen LogP contribution is -2.48. The Hall–Kier alpha value is -1.66. The van der Waals surface area contributed by atoms with Crippen molar-refractivity contribution in [1.82, 2.24) is 4.90 Å². The number of amides is 1. The minimum atomic E-state index is -0.323. The number of benzene rings is 1. The van der Waals surface area contributed by atoms with E-state index in [0.717, 1.165) is 19.4 Å². The zero-order valence-corrected chi connectivity index (χ0v) is 14.2. The third kappa shape index (κ3) is 3.96. The van der Waals surface area contributed by atoms with Crippen LogP contribution in [-0.2, 0) is 14.3 Å². The zero-order valence-electron chi connectivity index (χ0n) is 14.2. The molecule has 2 bridgehead atoms. The quantitative estimate of drug-likeness (QED) is 0.791. The van der Waals surface area contributed by atoms with E-state index in [4.69, 9.17) is 14.2 Å². The van der Waals surface area contributed by atoms with Crippen LogP contribution in [0.2, 0.25) is 0 Å². The molecule has 2 saturated carbocycles. The molecule has 136 valence electrons. The van der Waals surface area contributed by atoms with Gasteiger partial charge in [0.25, 0.3) is 5.91 Å². The molecule has 1 saturated heterocycles. The van der Waals surface area contributed by atoms with Crippen molar-refractivity contribution >= 4 is 5.91 Å². The molecule has 4 rings (SSSR count). The smallest absolute Gasteiger partial charge is 0.260 e. The fourth-order valence-corrected chi connectivity index (χ4v) is 3.71. The highest BCUT2D eigenvalue weighted by atomic mass is 19.1. The average molecular weight is 349 g/mol. The lowest BCUT2D eigenvalue weighted by Gasteiger charge is -2.31. The maximum Gasteiger partial charge on any atom is 0.260 e. The molecule has 3 aliphatic rings. The molecule has 3 atom stereocenters. The summed E-state index contributed by atoms with van der Waals surface area (Å²) in [4.78, 5) is 14.5. The highest BCUT2D eigenvalue weighted by Gasteiger charge is 2.45. The number of hydrogen-bond acceptors (Lipinski definition) is 4. The summed E-state index contributed by atoms with van der Waals surface area (Å²) < 4.78 is 30.5. The Morgan fingerprint density at radius 1 is 1.20 bits per heavy atom. The first-order valence-corrected chi connectivity index (χ1v) is 9.12. The zero-order chi connectivity index (χ0) is 17.2. The molecule has 1 aromatic rings. The molecule has 0 radical (unpaired) electrons. The first kappa shape index (κ1) is 16.8. The second kappa shape index (κ2) is 7.30. The molecule has 0 spiro atoms. The number of rotatable bonds is 6. The fourth-order valence-electron chi connectivity index (χ4n) is 3.71. The first-order valence-electron chi connectivity index (χ1n) is 9.12. The fraction of sp³-hybridized carbons (Fsp3) is 0.632. The number of hydrogen-bond donors (Lipinski definition) is 0. The monoisotopic (exact) mass is 349 g/mol. The summed E-state index contributed by atoms with van der Waals surface area (Å²) in [6, 6.07) is 5.77. The molecule has 6 heteroatoms. The molecular formula is C19H24FNO4. The molecule has 0 unspecified atom stereocenters. The van der Waals surface area contributed by atoms with Gasteiger partial charge in [-0.05, 0) is 55.9 Å². The van der Waals surface area contributed by atoms with Crippen molar-refractivity contribution in [2.75, 3.05) is 26.4 Å². The molecule has 3 fully saturated rings. The van der Waals surface area contributed by atoms with Crippen LogP contribution in [0.5, 0.6) is 5.75 Å². The van der Waals surface area contributed by atoms with Gasteiger partial charge in [0.1, 0.15) is 17.7 Å². The Bertz CT molecular complexity index is 604. The average Bonchev–Trinajstić information content (AvgIpc) is 3.36. The molecular weight excluding hydrogens is 325 g/mol. The molecule has 0 aromatic heterocycles. The van der Waals surface area contributed by atoms with Gasteiger partial charge in [-0.1, -0.05) is 0 Å². The van der Waals surface area contributed by atoms with Gasteiger partial charge in [-0.25, -0.2) is 4.39 Å². The van der Waals surface area contributed by atoms with Crippen molar-refractivity contribution in [3.05, 3.63) is 30.1 Å². The van der Waals surface area contributed by atoms with Gasteiger partial charge in [-0.3, -0.25) is 4.79 Å². The molecule has 1 amide bonds. The van der Waals surface area contributed by atoms with Gasteiger partial charge in [-0.15, -0.1) is 0 Å². The highest BCUT2D eigenvalue weighted by molar-refractivity contribution is 5.78. The van der Waals surface area contributed by atoms with Crippen molar-refractivity contribution in [3.8, 4) is 5.75 Å². The van der Waals surface area contributed by atoms with Gasteiger partial charge >= 0.3 is 0 Å². The minimum absolute atomic E-state index is 0.0297. The molecule has 1 aromatic carbocycles. The minimum Gasteiger partial charge on any atom is -0.484 e. The summed E-state index contributed by atoms with van der Waals surface area (Å²) in [6.07, 6.45) is 4.40. The van der Waals surface area contributed by atoms with Gasteiger partial charge < -0.3 is 19.1 Å². The van der Waals surface area contributed by atoms with E-state index < -0.39 is 0 Å². The van der Waals surface area contributed by atoms with Crippen LogP contribution in [0.25, 0.3) is 0 Å². The Kier molecular flexibility index (Phi) is 4.90. The molecule has 25 heavy (non-hydrogen) atoms. The van der Waals surface area contributed by atoms with Crippen LogP contribution >= 0.6 is 0 Å². The molecule has 0 N–H and O–H groups in total. The van der Waals surface area contributed by atoms with Gasteiger partial charge in [0, 0.05) is 13.2 Å². The van der Waals surface area contributed by atoms with Gasteiger partial charge in [0.05, 0.1) is 18.8 Å². The first-order chi connectivity index (χ1) is 12.2. The topological polar surface area (TPSA) is 48.0 Å². The van der Waals surface area contributed by atoms with Crippen LogP contribution in [0.4, 0.5) is 4.39 Å². The summed E-state index contributed by atoms with van der Waals surface area (Å²) in [6.45, 7) is 1.82. The summed E-state index contributed by atoms with van der Waals surface area (Å²) >= 11 is 0. The second-order valence-corrected chi connectivity index (χ2v) is 7.12. The molecule has 2 aliphatic carbocycles. The van der Waals surface area contributed by atoms with E-state index in [2.05, 4.69) is 0 Å². The van der Waals surface area contributed by atoms with Crippen LogP contribution in [0, 0.1) is 11.7 Å². The number of nitrogens with zero attached hydrogens (tertiary/aromatic N) is 1. The third-order valence-corrected chi connectivity index (χ3v) is 5.27. The SMILES string of the molecule is O=C(COc1ccc(F)cc1)N1CCO[C@H]2CC[C@H]1[C@@H]2OCC1CC1. The van der Waals surface area contributed by atoms with Crippen LogP contribution in [-0.4, -0.2) is 55.4 Å². The molecule has 1 aliphatic heterocycles. The van der Waals surface area contributed by atoms with E-state index >= 15 is 0 Å². The van der Waals surface area contributed by atoms with E-state index in [1.165, 1.54) is 37.1 Å². The Morgan fingerprint density at radius 2 is 2.00 bits per heavy atom. The summed E-state index contributed by atoms with van der Waals surface area (Å²) in [5.41, 5.74) is 0. The van der Waals surface area contributed by atoms with Crippen molar-refractivity contribution < 1.29 is 23.4 Å². The van der Waals surface area contributed by atoms with Crippen LogP contribution in [0.15, 0.2) is 24.3 Å². The number of halogens is 1. The number of carbonyl (C=O) groups is 1. The Balaban J connectivity index is 1.37. The lowest BCUT2D eigenvalue weighted by molar-refractivity contribution is -0.138. The molecule has 5 nitrogen and oxygen atoms in total. The highest BCUT2D eigenvalue weighted by Crippen LogP contribution is 2.35. The van der Waals surface area contributed by atoms with Crippen molar-refractivity contribution in [1.29, 1.82) is 0 Å². The van der Waals surface area contributed by atoms with E-state index in [0.29, 0.717) is 24.8 Å². The summed E-state index contributed by atoms with van der Waals surface area (Å²) in [7, 11) is 0. The van der Waals surface area contributed by atoms with E-state index in [1.807, 2.05) is 4.90 Å². The number of ether oxygens (including phenoxy) is 3. The van der Waals surface area contributed by atoms with Gasteiger partial charge in [-0.2, -0.15) is 0 Å². The Labute approximate surface area is 147 Å². The summed E-state index contributed by atoms with van der Waals surface area (Å²) in [5.74, 6) is 0.789. The van der Waals surface area contributed by atoms with Crippen LogP contribution in [0.3, 0.4) is 0 Å².